The van der Waals surface area contributed by atoms with Crippen molar-refractivity contribution in [1.29, 1.82) is 0 Å². The number of benzene rings is 2. The number of rotatable bonds is 5. The molecule has 1 heterocycles. The van der Waals surface area contributed by atoms with Gasteiger partial charge in [0.05, 0.1) is 13.1 Å². The van der Waals surface area contributed by atoms with Crippen LogP contribution in [0.3, 0.4) is 0 Å². The molecule has 0 saturated carbocycles. The molecular weight excluding hydrogens is 320 g/mol. The number of carbonyl (C=O) groups is 2. The minimum Gasteiger partial charge on any atom is -0.486 e. The van der Waals surface area contributed by atoms with Gasteiger partial charge in [0.1, 0.15) is 12.7 Å². The summed E-state index contributed by atoms with van der Waals surface area (Å²) in [4.78, 5) is 23.9. The zero-order valence-electron chi connectivity index (χ0n) is 14.0. The molecule has 0 aromatic heterocycles. The highest BCUT2D eigenvalue weighted by atomic mass is 16.6. The number of aryl methyl sites for hydroxylation is 1. The Kier molecular flexibility index (Phi) is 5.18. The molecule has 3 rings (SSSR count). The van der Waals surface area contributed by atoms with Crippen molar-refractivity contribution >= 4 is 11.8 Å². The van der Waals surface area contributed by atoms with Gasteiger partial charge in [0, 0.05) is 5.56 Å². The number of fused-ring (bicyclic) bond motifs is 1. The summed E-state index contributed by atoms with van der Waals surface area (Å²) >= 11 is 0. The minimum atomic E-state index is -0.275. The quantitative estimate of drug-likeness (QED) is 0.868. The number of ether oxygens (including phenoxy) is 2. The van der Waals surface area contributed by atoms with E-state index < -0.39 is 0 Å². The Bertz CT molecular complexity index is 776. The topological polar surface area (TPSA) is 76.7 Å². The molecule has 2 amide bonds. The van der Waals surface area contributed by atoms with Gasteiger partial charge < -0.3 is 20.1 Å². The molecule has 1 atom stereocenters. The van der Waals surface area contributed by atoms with Crippen LogP contribution in [0.5, 0.6) is 11.5 Å². The van der Waals surface area contributed by atoms with Gasteiger partial charge in [-0.1, -0.05) is 29.8 Å². The second-order valence-corrected chi connectivity index (χ2v) is 5.85. The fourth-order valence-corrected chi connectivity index (χ4v) is 2.50. The third-order valence-electron chi connectivity index (χ3n) is 3.78. The molecular formula is C19H20N2O4. The average Bonchev–Trinajstić information content (AvgIpc) is 2.64. The van der Waals surface area contributed by atoms with Gasteiger partial charge >= 0.3 is 0 Å². The van der Waals surface area contributed by atoms with Crippen molar-refractivity contribution in [3.05, 3.63) is 59.7 Å². The fourth-order valence-electron chi connectivity index (χ4n) is 2.50. The van der Waals surface area contributed by atoms with Crippen LogP contribution in [0.1, 0.15) is 15.9 Å². The summed E-state index contributed by atoms with van der Waals surface area (Å²) in [6, 6.07) is 14.6. The summed E-state index contributed by atoms with van der Waals surface area (Å²) in [6.45, 7) is 2.51. The van der Waals surface area contributed by atoms with Crippen LogP contribution in [0.2, 0.25) is 0 Å². The molecule has 0 saturated heterocycles. The van der Waals surface area contributed by atoms with Crippen molar-refractivity contribution in [3.63, 3.8) is 0 Å². The first-order chi connectivity index (χ1) is 12.1. The minimum absolute atomic E-state index is 0.0864. The summed E-state index contributed by atoms with van der Waals surface area (Å²) in [5, 5.41) is 5.35. The molecule has 2 aromatic rings. The molecule has 6 heteroatoms. The Morgan fingerprint density at radius 1 is 1.08 bits per heavy atom. The Morgan fingerprint density at radius 2 is 1.88 bits per heavy atom. The Labute approximate surface area is 146 Å². The lowest BCUT2D eigenvalue weighted by atomic mass is 10.1. The maximum absolute atomic E-state index is 12.0. The summed E-state index contributed by atoms with van der Waals surface area (Å²) in [5.74, 6) is 0.824. The average molecular weight is 340 g/mol. The van der Waals surface area contributed by atoms with Gasteiger partial charge in [-0.2, -0.15) is 0 Å². The molecule has 25 heavy (non-hydrogen) atoms. The highest BCUT2D eigenvalue weighted by Crippen LogP contribution is 2.30. The second-order valence-electron chi connectivity index (χ2n) is 5.85. The fraction of sp³-hybridized carbons (Fsp3) is 0.263. The van der Waals surface area contributed by atoms with Gasteiger partial charge in [-0.05, 0) is 31.2 Å². The van der Waals surface area contributed by atoms with E-state index in [0.717, 1.165) is 5.56 Å². The van der Waals surface area contributed by atoms with Gasteiger partial charge in [-0.15, -0.1) is 0 Å². The first-order valence-electron chi connectivity index (χ1n) is 8.12. The zero-order valence-corrected chi connectivity index (χ0v) is 14.0. The van der Waals surface area contributed by atoms with Crippen LogP contribution in [0.4, 0.5) is 0 Å². The maximum atomic E-state index is 12.0. The molecule has 130 valence electrons. The smallest absolute Gasteiger partial charge is 0.251 e. The molecule has 1 aliphatic heterocycles. The van der Waals surface area contributed by atoms with Crippen LogP contribution in [-0.2, 0) is 4.79 Å². The van der Waals surface area contributed by atoms with Gasteiger partial charge in [-0.25, -0.2) is 0 Å². The molecule has 0 unspecified atom stereocenters. The predicted octanol–water partition coefficient (Wildman–Crippen LogP) is 1.68. The van der Waals surface area contributed by atoms with E-state index in [4.69, 9.17) is 9.47 Å². The van der Waals surface area contributed by atoms with Crippen LogP contribution in [0.15, 0.2) is 48.5 Å². The number of nitrogens with one attached hydrogen (secondary N) is 2. The normalized spacial score (nSPS) is 15.3. The molecule has 0 spiro atoms. The first-order valence-corrected chi connectivity index (χ1v) is 8.12. The summed E-state index contributed by atoms with van der Waals surface area (Å²) < 4.78 is 11.4. The van der Waals surface area contributed by atoms with E-state index in [1.54, 1.807) is 12.1 Å². The van der Waals surface area contributed by atoms with Crippen molar-refractivity contribution in [1.82, 2.24) is 10.6 Å². The van der Waals surface area contributed by atoms with Crippen LogP contribution >= 0.6 is 0 Å². The highest BCUT2D eigenvalue weighted by molar-refractivity contribution is 5.96. The van der Waals surface area contributed by atoms with Crippen LogP contribution in [0.25, 0.3) is 0 Å². The molecule has 2 N–H and O–H groups in total. The highest BCUT2D eigenvalue weighted by Gasteiger charge is 2.21. The standard InChI is InChI=1S/C19H20N2O4/c1-13-5-4-6-14(9-13)19(23)21-11-18(22)20-10-15-12-24-16-7-2-3-8-17(16)25-15/h2-9,15H,10-12H2,1H3,(H,20,22)(H,21,23)/t15-/m1/s1. The van der Waals surface area contributed by atoms with Crippen LogP contribution in [-0.4, -0.2) is 37.6 Å². The maximum Gasteiger partial charge on any atom is 0.251 e. The van der Waals surface area contributed by atoms with Crippen LogP contribution < -0.4 is 20.1 Å². The van der Waals surface area contributed by atoms with Gasteiger partial charge in [0.25, 0.3) is 5.91 Å². The number of hydrogen-bond acceptors (Lipinski definition) is 4. The number of carbonyl (C=O) groups excluding carboxylic acids is 2. The molecule has 0 radical (unpaired) electrons. The lowest BCUT2D eigenvalue weighted by Gasteiger charge is -2.26. The largest absolute Gasteiger partial charge is 0.486 e. The van der Waals surface area contributed by atoms with E-state index in [2.05, 4.69) is 10.6 Å². The predicted molar refractivity (Wildman–Crippen MR) is 92.9 cm³/mol. The Morgan fingerprint density at radius 3 is 2.68 bits per heavy atom. The summed E-state index contributed by atoms with van der Waals surface area (Å²) in [5.41, 5.74) is 1.53. The van der Waals surface area contributed by atoms with E-state index >= 15 is 0 Å². The molecule has 0 fully saturated rings. The van der Waals surface area contributed by atoms with Crippen molar-refractivity contribution < 1.29 is 19.1 Å². The number of amides is 2. The van der Waals surface area contributed by atoms with Crippen LogP contribution in [0, 0.1) is 6.92 Å². The first kappa shape index (κ1) is 16.8. The third-order valence-corrected chi connectivity index (χ3v) is 3.78. The lowest BCUT2D eigenvalue weighted by Crippen LogP contribution is -2.44. The van der Waals surface area contributed by atoms with Gasteiger partial charge in [-0.3, -0.25) is 9.59 Å². The SMILES string of the molecule is Cc1cccc(C(=O)NCC(=O)NC[C@@H]2COc3ccccc3O2)c1. The van der Waals surface area contributed by atoms with Gasteiger partial charge in [0.15, 0.2) is 11.5 Å². The van der Waals surface area contributed by atoms with E-state index in [-0.39, 0.29) is 24.5 Å². The number of para-hydroxylation sites is 2. The molecule has 2 aromatic carbocycles. The zero-order chi connectivity index (χ0) is 17.6. The van der Waals surface area contributed by atoms with Crippen molar-refractivity contribution in [2.24, 2.45) is 0 Å². The second kappa shape index (κ2) is 7.70. The molecule has 0 aliphatic carbocycles. The molecule has 1 aliphatic rings. The summed E-state index contributed by atoms with van der Waals surface area (Å²) in [7, 11) is 0. The van der Waals surface area contributed by atoms with Crippen molar-refractivity contribution in [2.75, 3.05) is 19.7 Å². The Hall–Kier alpha value is -3.02. The van der Waals surface area contributed by atoms with Crippen molar-refractivity contribution in [2.45, 2.75) is 13.0 Å². The van der Waals surface area contributed by atoms with E-state index in [0.29, 0.717) is 30.2 Å². The molecule has 0 bridgehead atoms. The summed E-state index contributed by atoms with van der Waals surface area (Å²) in [6.07, 6.45) is -0.258. The number of hydrogen-bond donors (Lipinski definition) is 2. The van der Waals surface area contributed by atoms with E-state index in [1.807, 2.05) is 43.3 Å². The monoisotopic (exact) mass is 340 g/mol. The van der Waals surface area contributed by atoms with Gasteiger partial charge in [0.2, 0.25) is 5.91 Å². The van der Waals surface area contributed by atoms with E-state index in [9.17, 15) is 9.59 Å². The van der Waals surface area contributed by atoms with E-state index in [1.165, 1.54) is 0 Å². The third kappa shape index (κ3) is 4.50. The van der Waals surface area contributed by atoms with Crippen molar-refractivity contribution in [3.8, 4) is 11.5 Å². The Balaban J connectivity index is 1.42. The molecule has 6 nitrogen and oxygen atoms in total. The lowest BCUT2D eigenvalue weighted by molar-refractivity contribution is -0.120.